The summed E-state index contributed by atoms with van der Waals surface area (Å²) in [6, 6.07) is 11.0. The second kappa shape index (κ2) is 13.4. The fourth-order valence-electron chi connectivity index (χ4n) is 6.56. The molecule has 272 valence electrons. The molecule has 0 saturated heterocycles. The monoisotopic (exact) mass is 734 g/mol. The van der Waals surface area contributed by atoms with Crippen molar-refractivity contribution >= 4 is 35.5 Å². The molecule has 2 atom stereocenters. The fourth-order valence-corrected chi connectivity index (χ4v) is 6.76. The van der Waals surface area contributed by atoms with E-state index in [-0.39, 0.29) is 41.5 Å². The molecule has 0 spiro atoms. The maximum atomic E-state index is 15.2. The maximum absolute atomic E-state index is 15.2. The number of carbonyl (C=O) groups is 3. The van der Waals surface area contributed by atoms with Crippen molar-refractivity contribution in [2.75, 3.05) is 6.54 Å². The summed E-state index contributed by atoms with van der Waals surface area (Å²) in [7, 11) is 0. The normalized spacial score (nSPS) is 19.6. The summed E-state index contributed by atoms with van der Waals surface area (Å²) in [5, 5.41) is 28.2. The van der Waals surface area contributed by atoms with Gasteiger partial charge in [-0.25, -0.2) is 28.2 Å². The first-order chi connectivity index (χ1) is 24.7. The van der Waals surface area contributed by atoms with E-state index in [2.05, 4.69) is 30.9 Å². The van der Waals surface area contributed by atoms with Crippen molar-refractivity contribution in [3.63, 3.8) is 0 Å². The highest BCUT2D eigenvalue weighted by molar-refractivity contribution is 6.32. The Hall–Kier alpha value is -5.25. The van der Waals surface area contributed by atoms with Gasteiger partial charge in [-0.05, 0) is 60.8 Å². The van der Waals surface area contributed by atoms with Crippen LogP contribution in [0.15, 0.2) is 60.0 Å². The predicted octanol–water partition coefficient (Wildman–Crippen LogP) is 5.82. The zero-order chi connectivity index (χ0) is 36.9. The van der Waals surface area contributed by atoms with Gasteiger partial charge in [0.05, 0.1) is 29.0 Å². The second-order valence-corrected chi connectivity index (χ2v) is 15.0. The van der Waals surface area contributed by atoms with E-state index in [1.54, 1.807) is 29.2 Å². The fraction of sp³-hybridized carbons (Fsp3) is 0.429. The number of alkyl halides is 2. The third-order valence-electron chi connectivity index (χ3n) is 9.22. The first-order valence-corrected chi connectivity index (χ1v) is 17.3. The number of aliphatic imine (C=N–C) groups is 1. The minimum atomic E-state index is -2.97. The van der Waals surface area contributed by atoms with Crippen molar-refractivity contribution in [1.82, 2.24) is 45.3 Å². The van der Waals surface area contributed by atoms with Crippen molar-refractivity contribution in [2.24, 2.45) is 16.3 Å². The number of halogens is 3. The molecule has 0 bridgehead atoms. The summed E-state index contributed by atoms with van der Waals surface area (Å²) >= 11 is 6.50. The first-order valence-electron chi connectivity index (χ1n) is 17.0. The van der Waals surface area contributed by atoms with Crippen molar-refractivity contribution in [1.29, 1.82) is 0 Å². The van der Waals surface area contributed by atoms with Crippen molar-refractivity contribution in [3.8, 4) is 16.9 Å². The lowest BCUT2D eigenvalue weighted by molar-refractivity contribution is -0.135. The Morgan fingerprint density at radius 1 is 1.08 bits per heavy atom. The van der Waals surface area contributed by atoms with Crippen LogP contribution in [0, 0.1) is 11.3 Å². The van der Waals surface area contributed by atoms with E-state index >= 15 is 4.79 Å². The Balaban J connectivity index is 1.32. The number of hydrogen-bond donors (Lipinski definition) is 3. The molecule has 2 fully saturated rings. The lowest BCUT2D eigenvalue weighted by Gasteiger charge is -2.35. The topological polar surface area (TPSA) is 173 Å². The van der Waals surface area contributed by atoms with Crippen LogP contribution in [0.5, 0.6) is 0 Å². The molecule has 2 aliphatic carbocycles. The molecule has 3 heterocycles. The number of carboxylic acid groups (broad SMARTS) is 1. The third kappa shape index (κ3) is 6.98. The molecule has 1 unspecified atom stereocenters. The van der Waals surface area contributed by atoms with Crippen LogP contribution < -0.4 is 10.6 Å². The number of nitrogens with zero attached hydrogens (tertiary/aromatic N) is 8. The number of amides is 3. The van der Waals surface area contributed by atoms with Gasteiger partial charge in [0.2, 0.25) is 11.9 Å². The predicted molar refractivity (Wildman–Crippen MR) is 185 cm³/mol. The minimum Gasteiger partial charge on any atom is -0.465 e. The lowest BCUT2D eigenvalue weighted by Crippen LogP contribution is -2.51. The Labute approximate surface area is 302 Å². The molecule has 4 aromatic rings. The number of hydrogen-bond acceptors (Lipinski definition) is 8. The number of rotatable bonds is 11. The first kappa shape index (κ1) is 35.2. The van der Waals surface area contributed by atoms with E-state index in [9.17, 15) is 23.5 Å². The minimum absolute atomic E-state index is 0.0528. The van der Waals surface area contributed by atoms with Crippen molar-refractivity contribution < 1.29 is 28.3 Å². The number of nitrogens with one attached hydrogen (secondary N) is 2. The summed E-state index contributed by atoms with van der Waals surface area (Å²) < 4.78 is 28.7. The molecular weight excluding hydrogens is 698 g/mol. The molecule has 2 aromatic carbocycles. The Morgan fingerprint density at radius 2 is 1.81 bits per heavy atom. The van der Waals surface area contributed by atoms with Crippen LogP contribution in [0.25, 0.3) is 16.9 Å². The average Bonchev–Trinajstić information content (AvgIpc) is 4.00. The quantitative estimate of drug-likeness (QED) is 0.173. The van der Waals surface area contributed by atoms with Gasteiger partial charge >= 0.3 is 6.09 Å². The molecule has 3 N–H and O–H groups in total. The van der Waals surface area contributed by atoms with Gasteiger partial charge < -0.3 is 10.4 Å². The molecular formula is C35H37ClF2N10O4. The van der Waals surface area contributed by atoms with Gasteiger partial charge in [0.1, 0.15) is 12.0 Å². The average molecular weight is 735 g/mol. The van der Waals surface area contributed by atoms with Crippen LogP contribution >= 0.6 is 11.6 Å². The van der Waals surface area contributed by atoms with Gasteiger partial charge in [0, 0.05) is 18.0 Å². The standard InChI is InChI=1S/C35H37ClF2N10O4/c1-34(2,3)17-35(22-9-6-19(7-10-22)25-15-41-48(45-25)23-11-12-23)31(50)46(32(44-35)43-33(51)52)27(16-39-30(49)20-4-5-20)21-8-13-24(36)26(14-21)47-29(28(37)38)40-18-42-47/h6-10,13-15,18,20,23,27-28H,4-5,11-12,16-17H2,1-3H3,(H,39,49)(H,43,44)(H,51,52)/t27?,35-/m1/s1. The third-order valence-corrected chi connectivity index (χ3v) is 9.54. The van der Waals surface area contributed by atoms with E-state index in [0.29, 0.717) is 22.9 Å². The molecule has 2 saturated carbocycles. The Bertz CT molecular complexity index is 2050. The number of guanidine groups is 1. The highest BCUT2D eigenvalue weighted by Crippen LogP contribution is 2.46. The second-order valence-electron chi connectivity index (χ2n) is 14.6. The van der Waals surface area contributed by atoms with Crippen LogP contribution in [0.3, 0.4) is 0 Å². The van der Waals surface area contributed by atoms with Crippen molar-refractivity contribution in [3.05, 3.63) is 77.0 Å². The zero-order valence-corrected chi connectivity index (χ0v) is 29.4. The lowest BCUT2D eigenvalue weighted by atomic mass is 9.75. The smallest absolute Gasteiger partial charge is 0.411 e. The highest BCUT2D eigenvalue weighted by atomic mass is 35.5. The van der Waals surface area contributed by atoms with Crippen LogP contribution in [-0.4, -0.2) is 70.2 Å². The van der Waals surface area contributed by atoms with Crippen molar-refractivity contribution in [2.45, 2.75) is 76.9 Å². The largest absolute Gasteiger partial charge is 0.465 e. The van der Waals surface area contributed by atoms with Gasteiger partial charge in [0.15, 0.2) is 11.4 Å². The molecule has 17 heteroatoms. The highest BCUT2D eigenvalue weighted by Gasteiger charge is 2.54. The molecule has 3 aliphatic rings. The van der Waals surface area contributed by atoms with E-state index in [1.807, 2.05) is 32.9 Å². The number of carbonyl (C=O) groups excluding carboxylic acids is 2. The summed E-state index contributed by atoms with van der Waals surface area (Å²) in [5.41, 5.74) is 0.283. The summed E-state index contributed by atoms with van der Waals surface area (Å²) in [6.45, 7) is 5.70. The van der Waals surface area contributed by atoms with Crippen LogP contribution in [0.2, 0.25) is 5.02 Å². The zero-order valence-electron chi connectivity index (χ0n) is 28.6. The van der Waals surface area contributed by atoms with Crippen LogP contribution in [-0.2, 0) is 15.1 Å². The van der Waals surface area contributed by atoms with Gasteiger partial charge in [-0.3, -0.25) is 19.8 Å². The summed E-state index contributed by atoms with van der Waals surface area (Å²) in [4.78, 5) is 51.8. The maximum Gasteiger partial charge on any atom is 0.411 e. The van der Waals surface area contributed by atoms with E-state index in [0.717, 1.165) is 42.3 Å². The molecule has 2 aromatic heterocycles. The molecule has 3 amide bonds. The molecule has 52 heavy (non-hydrogen) atoms. The van der Waals surface area contributed by atoms with E-state index in [4.69, 9.17) is 16.6 Å². The summed E-state index contributed by atoms with van der Waals surface area (Å²) in [5.74, 6) is -1.84. The van der Waals surface area contributed by atoms with Crippen LogP contribution in [0.4, 0.5) is 13.6 Å². The van der Waals surface area contributed by atoms with E-state index in [1.165, 1.54) is 17.0 Å². The SMILES string of the molecule is CC(C)(C)C[C@]1(c2ccc(-c3cnn(C4CC4)n3)cc2)N=C(NC(=O)O)N(C(CNC(=O)C2CC2)c2ccc(Cl)c(-n3ncnc3C(F)F)c2)C1=O. The molecule has 1 aliphatic heterocycles. The van der Waals surface area contributed by atoms with Gasteiger partial charge in [-0.1, -0.05) is 62.7 Å². The Morgan fingerprint density at radius 3 is 2.44 bits per heavy atom. The van der Waals surface area contributed by atoms with E-state index < -0.39 is 41.2 Å². The number of benzene rings is 2. The molecule has 7 rings (SSSR count). The Kier molecular flexibility index (Phi) is 9.05. The molecule has 14 nitrogen and oxygen atoms in total. The number of aromatic nitrogens is 6. The van der Waals surface area contributed by atoms with Gasteiger partial charge in [-0.2, -0.15) is 20.1 Å². The summed E-state index contributed by atoms with van der Waals surface area (Å²) in [6.07, 6.45) is 1.94. The van der Waals surface area contributed by atoms with Gasteiger partial charge in [-0.15, -0.1) is 0 Å². The van der Waals surface area contributed by atoms with Crippen LogP contribution in [0.1, 0.15) is 88.3 Å². The van der Waals surface area contributed by atoms with Gasteiger partial charge in [0.25, 0.3) is 12.3 Å². The molecule has 0 radical (unpaired) electrons.